The number of hydrogen-bond donors (Lipinski definition) is 0. The molecule has 0 saturated heterocycles. The van der Waals surface area contributed by atoms with Gasteiger partial charge in [0, 0.05) is 16.6 Å². The number of ether oxygens (including phenoxy) is 3. The number of aromatic nitrogens is 1. The van der Waals surface area contributed by atoms with E-state index in [1.165, 1.54) is 44.8 Å². The summed E-state index contributed by atoms with van der Waals surface area (Å²) in [6, 6.07) is 9.21. The third-order valence-electron chi connectivity index (χ3n) is 4.05. The van der Waals surface area contributed by atoms with Crippen molar-refractivity contribution >= 4 is 17.2 Å². The number of aryl methyl sites for hydroxylation is 1. The van der Waals surface area contributed by atoms with Crippen molar-refractivity contribution in [3.63, 3.8) is 0 Å². The van der Waals surface area contributed by atoms with E-state index in [0.717, 1.165) is 5.69 Å². The molecule has 8 heteroatoms. The van der Waals surface area contributed by atoms with Gasteiger partial charge in [-0.1, -0.05) is 6.07 Å². The van der Waals surface area contributed by atoms with Gasteiger partial charge in [0.1, 0.15) is 5.82 Å². The lowest BCUT2D eigenvalue weighted by molar-refractivity contribution is 0.0997. The van der Waals surface area contributed by atoms with E-state index in [4.69, 9.17) is 14.2 Å². The molecule has 0 radical (unpaired) electrons. The van der Waals surface area contributed by atoms with Gasteiger partial charge >= 0.3 is 0 Å². The summed E-state index contributed by atoms with van der Waals surface area (Å²) in [6.07, 6.45) is 0. The second-order valence-corrected chi connectivity index (χ2v) is 6.64. The van der Waals surface area contributed by atoms with Crippen molar-refractivity contribution in [2.45, 2.75) is 6.92 Å². The van der Waals surface area contributed by atoms with Gasteiger partial charge in [0.15, 0.2) is 16.3 Å². The van der Waals surface area contributed by atoms with Crippen LogP contribution in [0, 0.1) is 12.7 Å². The predicted octanol–water partition coefficient (Wildman–Crippen LogP) is 3.75. The lowest BCUT2D eigenvalue weighted by Crippen LogP contribution is -2.16. The number of methoxy groups -OCH3 is 3. The maximum absolute atomic E-state index is 13.6. The molecule has 3 aromatic rings. The summed E-state index contributed by atoms with van der Waals surface area (Å²) in [5.74, 6) is 0.272. The van der Waals surface area contributed by atoms with Crippen LogP contribution in [-0.4, -0.2) is 31.8 Å². The van der Waals surface area contributed by atoms with E-state index in [0.29, 0.717) is 27.7 Å². The highest BCUT2D eigenvalue weighted by Gasteiger charge is 2.17. The van der Waals surface area contributed by atoms with Gasteiger partial charge < -0.3 is 14.2 Å². The Morgan fingerprint density at radius 1 is 1.07 bits per heavy atom. The van der Waals surface area contributed by atoms with Crippen molar-refractivity contribution < 1.29 is 23.4 Å². The Morgan fingerprint density at radius 2 is 1.75 bits per heavy atom. The van der Waals surface area contributed by atoms with Crippen molar-refractivity contribution in [1.82, 2.24) is 4.57 Å². The fourth-order valence-electron chi connectivity index (χ4n) is 2.76. The molecule has 1 heterocycles. The first-order valence-electron chi connectivity index (χ1n) is 8.30. The van der Waals surface area contributed by atoms with E-state index in [1.54, 1.807) is 28.8 Å². The first-order chi connectivity index (χ1) is 13.5. The molecule has 3 rings (SSSR count). The van der Waals surface area contributed by atoms with Crippen LogP contribution in [0.1, 0.15) is 16.1 Å². The number of rotatable bonds is 5. The van der Waals surface area contributed by atoms with Crippen LogP contribution in [0.25, 0.3) is 5.69 Å². The Kier molecular flexibility index (Phi) is 5.79. The topological polar surface area (TPSA) is 62.0 Å². The first kappa shape index (κ1) is 19.6. The summed E-state index contributed by atoms with van der Waals surface area (Å²) in [5, 5.41) is 1.85. The number of benzene rings is 2. The number of amides is 1. The van der Waals surface area contributed by atoms with Crippen LogP contribution in [0.2, 0.25) is 0 Å². The molecule has 0 unspecified atom stereocenters. The standard InChI is InChI=1S/C20H19FN2O4S/c1-12-11-28-20(23(12)15-7-5-6-14(21)10-15)22-19(24)13-8-16(25-2)18(27-4)17(9-13)26-3/h5-11H,1-4H3. The minimum absolute atomic E-state index is 0.284. The van der Waals surface area contributed by atoms with E-state index < -0.39 is 5.91 Å². The van der Waals surface area contributed by atoms with E-state index in [2.05, 4.69) is 4.99 Å². The van der Waals surface area contributed by atoms with Crippen LogP contribution in [0.15, 0.2) is 46.8 Å². The van der Waals surface area contributed by atoms with Crippen LogP contribution < -0.4 is 19.0 Å². The first-order valence-corrected chi connectivity index (χ1v) is 9.18. The van der Waals surface area contributed by atoms with E-state index in [-0.39, 0.29) is 11.4 Å². The lowest BCUT2D eigenvalue weighted by atomic mass is 10.1. The largest absolute Gasteiger partial charge is 0.493 e. The third-order valence-corrected chi connectivity index (χ3v) is 5.00. The molecule has 0 bridgehead atoms. The van der Waals surface area contributed by atoms with Gasteiger partial charge in [0.2, 0.25) is 5.75 Å². The van der Waals surface area contributed by atoms with Crippen molar-refractivity contribution in [1.29, 1.82) is 0 Å². The smallest absolute Gasteiger partial charge is 0.279 e. The van der Waals surface area contributed by atoms with Gasteiger partial charge in [-0.25, -0.2) is 4.39 Å². The van der Waals surface area contributed by atoms with E-state index in [9.17, 15) is 9.18 Å². The molecule has 0 atom stereocenters. The predicted molar refractivity (Wildman–Crippen MR) is 104 cm³/mol. The lowest BCUT2D eigenvalue weighted by Gasteiger charge is -2.12. The molecule has 0 N–H and O–H groups in total. The monoisotopic (exact) mass is 402 g/mol. The Balaban J connectivity index is 2.10. The minimum Gasteiger partial charge on any atom is -0.493 e. The molecule has 2 aromatic carbocycles. The molecule has 0 aliphatic carbocycles. The maximum atomic E-state index is 13.6. The number of nitrogens with zero attached hydrogens (tertiary/aromatic N) is 2. The average Bonchev–Trinajstić information content (AvgIpc) is 3.06. The molecule has 1 aromatic heterocycles. The molecular weight excluding hydrogens is 383 g/mol. The molecule has 0 aliphatic heterocycles. The van der Waals surface area contributed by atoms with Crippen LogP contribution in [0.5, 0.6) is 17.2 Å². The fraction of sp³-hybridized carbons (Fsp3) is 0.200. The normalized spacial score (nSPS) is 11.4. The molecule has 0 saturated carbocycles. The zero-order chi connectivity index (χ0) is 20.3. The van der Waals surface area contributed by atoms with Gasteiger partial charge in [-0.05, 0) is 37.3 Å². The second kappa shape index (κ2) is 8.26. The molecule has 28 heavy (non-hydrogen) atoms. The highest BCUT2D eigenvalue weighted by molar-refractivity contribution is 7.07. The molecule has 0 aliphatic rings. The van der Waals surface area contributed by atoms with Crippen LogP contribution in [-0.2, 0) is 0 Å². The highest BCUT2D eigenvalue weighted by Crippen LogP contribution is 2.38. The summed E-state index contributed by atoms with van der Waals surface area (Å²) in [7, 11) is 4.44. The summed E-state index contributed by atoms with van der Waals surface area (Å²) >= 11 is 1.29. The van der Waals surface area contributed by atoms with Crippen LogP contribution in [0.3, 0.4) is 0 Å². The Bertz CT molecular complexity index is 1060. The van der Waals surface area contributed by atoms with Gasteiger partial charge in [0.25, 0.3) is 5.91 Å². The Hall–Kier alpha value is -3.13. The SMILES string of the molecule is COc1cc(C(=O)N=c2scc(C)n2-c2cccc(F)c2)cc(OC)c1OC. The minimum atomic E-state index is -0.480. The van der Waals surface area contributed by atoms with E-state index >= 15 is 0 Å². The van der Waals surface area contributed by atoms with Crippen LogP contribution in [0.4, 0.5) is 4.39 Å². The Labute approximate surface area is 165 Å². The number of thiazole rings is 1. The molecule has 0 fully saturated rings. The van der Waals surface area contributed by atoms with Crippen molar-refractivity contribution in [2.24, 2.45) is 4.99 Å². The van der Waals surface area contributed by atoms with Gasteiger partial charge in [-0.3, -0.25) is 9.36 Å². The summed E-state index contributed by atoms with van der Waals surface area (Å²) in [5.41, 5.74) is 1.72. The summed E-state index contributed by atoms with van der Waals surface area (Å²) in [6.45, 7) is 1.87. The zero-order valence-electron chi connectivity index (χ0n) is 15.9. The fourth-order valence-corrected chi connectivity index (χ4v) is 3.63. The molecule has 146 valence electrons. The number of carbonyl (C=O) groups excluding carboxylic acids is 1. The van der Waals surface area contributed by atoms with Gasteiger partial charge in [-0.15, -0.1) is 11.3 Å². The van der Waals surface area contributed by atoms with Crippen LogP contribution >= 0.6 is 11.3 Å². The van der Waals surface area contributed by atoms with Crippen molar-refractivity contribution in [3.05, 3.63) is 63.7 Å². The zero-order valence-corrected chi connectivity index (χ0v) is 16.7. The average molecular weight is 402 g/mol. The number of hydrogen-bond acceptors (Lipinski definition) is 5. The second-order valence-electron chi connectivity index (χ2n) is 5.81. The summed E-state index contributed by atoms with van der Waals surface area (Å²) in [4.78, 5) is 17.5. The molecule has 0 spiro atoms. The van der Waals surface area contributed by atoms with Crippen molar-refractivity contribution in [2.75, 3.05) is 21.3 Å². The Morgan fingerprint density at radius 3 is 2.32 bits per heavy atom. The van der Waals surface area contributed by atoms with Crippen molar-refractivity contribution in [3.8, 4) is 22.9 Å². The van der Waals surface area contributed by atoms with Gasteiger partial charge in [-0.2, -0.15) is 4.99 Å². The number of halogens is 1. The summed E-state index contributed by atoms with van der Waals surface area (Å²) < 4.78 is 31.2. The third kappa shape index (κ3) is 3.77. The highest BCUT2D eigenvalue weighted by atomic mass is 32.1. The molecular formula is C20H19FN2O4S. The number of carbonyl (C=O) groups is 1. The van der Waals surface area contributed by atoms with E-state index in [1.807, 2.05) is 12.3 Å². The molecule has 1 amide bonds. The maximum Gasteiger partial charge on any atom is 0.279 e. The molecule has 6 nitrogen and oxygen atoms in total. The quantitative estimate of drug-likeness (QED) is 0.652. The van der Waals surface area contributed by atoms with Gasteiger partial charge in [0.05, 0.1) is 27.0 Å².